The van der Waals surface area contributed by atoms with Crippen molar-refractivity contribution < 1.29 is 9.90 Å². The molecule has 0 radical (unpaired) electrons. The van der Waals surface area contributed by atoms with Crippen LogP contribution < -0.4 is 10.6 Å². The lowest BCUT2D eigenvalue weighted by atomic mass is 9.96. The molecule has 1 atom stereocenters. The SMILES string of the molecule is CN(C)c1ccc(C(N)CC(=O)O)c2ccccc12. The molecule has 0 aliphatic heterocycles. The van der Waals surface area contributed by atoms with Crippen molar-refractivity contribution in [2.75, 3.05) is 19.0 Å². The molecular weight excluding hydrogens is 240 g/mol. The minimum absolute atomic E-state index is 0.0642. The van der Waals surface area contributed by atoms with Crippen molar-refractivity contribution in [2.24, 2.45) is 5.73 Å². The Morgan fingerprint density at radius 1 is 1.21 bits per heavy atom. The lowest BCUT2D eigenvalue weighted by Gasteiger charge is -2.19. The summed E-state index contributed by atoms with van der Waals surface area (Å²) in [5.74, 6) is -0.881. The van der Waals surface area contributed by atoms with Crippen LogP contribution in [0.1, 0.15) is 18.0 Å². The molecular formula is C15H18N2O2. The van der Waals surface area contributed by atoms with Gasteiger partial charge in [-0.3, -0.25) is 4.79 Å². The average Bonchev–Trinajstić information content (AvgIpc) is 2.36. The monoisotopic (exact) mass is 258 g/mol. The van der Waals surface area contributed by atoms with Gasteiger partial charge in [0, 0.05) is 31.2 Å². The fraction of sp³-hybridized carbons (Fsp3) is 0.267. The summed E-state index contributed by atoms with van der Waals surface area (Å²) in [6, 6.07) is 11.4. The number of carboxylic acid groups (broad SMARTS) is 1. The van der Waals surface area contributed by atoms with Gasteiger partial charge in [0.05, 0.1) is 6.42 Å². The molecule has 100 valence electrons. The van der Waals surface area contributed by atoms with Crippen molar-refractivity contribution >= 4 is 22.4 Å². The predicted octanol–water partition coefficient (Wildman–Crippen LogP) is 2.38. The summed E-state index contributed by atoms with van der Waals surface area (Å²) in [6.45, 7) is 0. The van der Waals surface area contributed by atoms with Crippen LogP contribution in [-0.2, 0) is 4.79 Å². The molecule has 0 heterocycles. The van der Waals surface area contributed by atoms with Crippen molar-refractivity contribution in [1.82, 2.24) is 0 Å². The second-order valence-corrected chi connectivity index (χ2v) is 4.82. The number of nitrogens with two attached hydrogens (primary N) is 1. The minimum Gasteiger partial charge on any atom is -0.481 e. The third kappa shape index (κ3) is 2.69. The van der Waals surface area contributed by atoms with Crippen LogP contribution in [0, 0.1) is 0 Å². The van der Waals surface area contributed by atoms with E-state index in [2.05, 4.69) is 0 Å². The topological polar surface area (TPSA) is 66.6 Å². The lowest BCUT2D eigenvalue weighted by molar-refractivity contribution is -0.137. The Hall–Kier alpha value is -2.07. The van der Waals surface area contributed by atoms with E-state index in [9.17, 15) is 4.79 Å². The van der Waals surface area contributed by atoms with Gasteiger partial charge in [0.25, 0.3) is 0 Å². The Labute approximate surface area is 112 Å². The van der Waals surface area contributed by atoms with Gasteiger partial charge in [-0.2, -0.15) is 0 Å². The highest BCUT2D eigenvalue weighted by atomic mass is 16.4. The molecule has 0 aliphatic carbocycles. The van der Waals surface area contributed by atoms with E-state index < -0.39 is 12.0 Å². The zero-order valence-corrected chi connectivity index (χ0v) is 11.1. The molecule has 2 aromatic carbocycles. The molecule has 3 N–H and O–H groups in total. The van der Waals surface area contributed by atoms with Crippen LogP contribution in [0.3, 0.4) is 0 Å². The van der Waals surface area contributed by atoms with Gasteiger partial charge in [0.2, 0.25) is 0 Å². The molecule has 19 heavy (non-hydrogen) atoms. The van der Waals surface area contributed by atoms with Crippen LogP contribution in [0.5, 0.6) is 0 Å². The molecule has 4 nitrogen and oxygen atoms in total. The average molecular weight is 258 g/mol. The smallest absolute Gasteiger partial charge is 0.305 e. The summed E-state index contributed by atoms with van der Waals surface area (Å²) in [5.41, 5.74) is 7.97. The zero-order valence-electron chi connectivity index (χ0n) is 11.1. The number of nitrogens with zero attached hydrogens (tertiary/aromatic N) is 1. The number of benzene rings is 2. The molecule has 0 bridgehead atoms. The van der Waals surface area contributed by atoms with Crippen LogP contribution in [0.4, 0.5) is 5.69 Å². The Bertz CT molecular complexity index is 608. The lowest BCUT2D eigenvalue weighted by Crippen LogP contribution is -2.16. The number of hydrogen-bond donors (Lipinski definition) is 2. The van der Waals surface area contributed by atoms with Gasteiger partial charge in [-0.1, -0.05) is 30.3 Å². The molecule has 0 aliphatic rings. The third-order valence-electron chi connectivity index (χ3n) is 3.21. The largest absolute Gasteiger partial charge is 0.481 e. The van der Waals surface area contributed by atoms with E-state index in [-0.39, 0.29) is 6.42 Å². The summed E-state index contributed by atoms with van der Waals surface area (Å²) in [5, 5.41) is 11.0. The first-order valence-electron chi connectivity index (χ1n) is 6.17. The first kappa shape index (κ1) is 13.4. The fourth-order valence-electron chi connectivity index (χ4n) is 2.32. The maximum Gasteiger partial charge on any atom is 0.305 e. The van der Waals surface area contributed by atoms with E-state index in [0.717, 1.165) is 22.0 Å². The number of aliphatic carboxylic acids is 1. The van der Waals surface area contributed by atoms with Crippen molar-refractivity contribution in [2.45, 2.75) is 12.5 Å². The van der Waals surface area contributed by atoms with E-state index in [1.54, 1.807) is 0 Å². The van der Waals surface area contributed by atoms with Crippen molar-refractivity contribution in [1.29, 1.82) is 0 Å². The fourth-order valence-corrected chi connectivity index (χ4v) is 2.32. The van der Waals surface area contributed by atoms with Gasteiger partial charge in [0.15, 0.2) is 0 Å². The van der Waals surface area contributed by atoms with Gasteiger partial charge < -0.3 is 15.7 Å². The Kier molecular flexibility index (Phi) is 3.71. The molecule has 1 unspecified atom stereocenters. The van der Waals surface area contributed by atoms with Gasteiger partial charge >= 0.3 is 5.97 Å². The zero-order chi connectivity index (χ0) is 14.0. The maximum absolute atomic E-state index is 10.8. The molecule has 0 saturated carbocycles. The van der Waals surface area contributed by atoms with Crippen LogP contribution >= 0.6 is 0 Å². The number of carboxylic acids is 1. The van der Waals surface area contributed by atoms with Crippen LogP contribution in [-0.4, -0.2) is 25.2 Å². The van der Waals surface area contributed by atoms with Crippen molar-refractivity contribution in [3.05, 3.63) is 42.0 Å². The van der Waals surface area contributed by atoms with Crippen LogP contribution in [0.15, 0.2) is 36.4 Å². The van der Waals surface area contributed by atoms with E-state index in [1.165, 1.54) is 0 Å². The summed E-state index contributed by atoms with van der Waals surface area (Å²) in [6.07, 6.45) is -0.0642. The molecule has 0 spiro atoms. The van der Waals surface area contributed by atoms with Crippen LogP contribution in [0.2, 0.25) is 0 Å². The quantitative estimate of drug-likeness (QED) is 0.883. The summed E-state index contributed by atoms with van der Waals surface area (Å²) in [4.78, 5) is 12.8. The number of anilines is 1. The first-order valence-corrected chi connectivity index (χ1v) is 6.17. The maximum atomic E-state index is 10.8. The minimum atomic E-state index is -0.881. The Morgan fingerprint density at radius 3 is 2.42 bits per heavy atom. The van der Waals surface area contributed by atoms with Crippen molar-refractivity contribution in [3.8, 4) is 0 Å². The summed E-state index contributed by atoms with van der Waals surface area (Å²) < 4.78 is 0. The van der Waals surface area contributed by atoms with Crippen molar-refractivity contribution in [3.63, 3.8) is 0 Å². The normalized spacial score (nSPS) is 12.4. The summed E-state index contributed by atoms with van der Waals surface area (Å²) in [7, 11) is 3.97. The molecule has 0 saturated heterocycles. The highest BCUT2D eigenvalue weighted by Crippen LogP contribution is 2.31. The molecule has 0 fully saturated rings. The number of fused-ring (bicyclic) bond motifs is 1. The Morgan fingerprint density at radius 2 is 1.84 bits per heavy atom. The van der Waals surface area contributed by atoms with Gasteiger partial charge in [-0.05, 0) is 17.0 Å². The molecule has 2 rings (SSSR count). The van der Waals surface area contributed by atoms with E-state index in [4.69, 9.17) is 10.8 Å². The Balaban J connectivity index is 2.58. The van der Waals surface area contributed by atoms with Gasteiger partial charge in [-0.15, -0.1) is 0 Å². The molecule has 2 aromatic rings. The highest BCUT2D eigenvalue weighted by Gasteiger charge is 2.15. The summed E-state index contributed by atoms with van der Waals surface area (Å²) >= 11 is 0. The van der Waals surface area contributed by atoms with Crippen LogP contribution in [0.25, 0.3) is 10.8 Å². The molecule has 0 amide bonds. The second kappa shape index (κ2) is 5.28. The number of hydrogen-bond acceptors (Lipinski definition) is 3. The number of rotatable bonds is 4. The predicted molar refractivity (Wildman–Crippen MR) is 77.5 cm³/mol. The second-order valence-electron chi connectivity index (χ2n) is 4.82. The standard InChI is InChI=1S/C15H18N2O2/c1-17(2)14-8-7-11(13(16)9-15(18)19)10-5-3-4-6-12(10)14/h3-8,13H,9,16H2,1-2H3,(H,18,19). The third-order valence-corrected chi connectivity index (χ3v) is 3.21. The highest BCUT2D eigenvalue weighted by molar-refractivity contribution is 5.96. The van der Waals surface area contributed by atoms with Gasteiger partial charge in [-0.25, -0.2) is 0 Å². The van der Waals surface area contributed by atoms with E-state index >= 15 is 0 Å². The molecule has 0 aromatic heterocycles. The first-order chi connectivity index (χ1) is 9.00. The van der Waals surface area contributed by atoms with E-state index in [0.29, 0.717) is 0 Å². The van der Waals surface area contributed by atoms with Gasteiger partial charge in [0.1, 0.15) is 0 Å². The molecule has 4 heteroatoms. The van der Waals surface area contributed by atoms with E-state index in [1.807, 2.05) is 55.4 Å². The number of carbonyl (C=O) groups is 1.